The second-order valence-electron chi connectivity index (χ2n) is 7.66. The van der Waals surface area contributed by atoms with Crippen molar-refractivity contribution >= 4 is 33.0 Å². The van der Waals surface area contributed by atoms with Gasteiger partial charge in [-0.15, -0.1) is 11.3 Å². The molecule has 2 aliphatic rings. The number of aliphatic imine (C=N–C) groups is 1. The third kappa shape index (κ3) is 4.29. The van der Waals surface area contributed by atoms with Gasteiger partial charge in [-0.1, -0.05) is 0 Å². The molecule has 3 rings (SSSR count). The summed E-state index contributed by atoms with van der Waals surface area (Å²) < 4.78 is 23.5. The Bertz CT molecular complexity index is 829. The van der Waals surface area contributed by atoms with Crippen LogP contribution in [0.15, 0.2) is 16.4 Å². The van der Waals surface area contributed by atoms with Gasteiger partial charge in [0.05, 0.1) is 10.5 Å². The van der Waals surface area contributed by atoms with Gasteiger partial charge in [-0.05, 0) is 37.3 Å². The second kappa shape index (κ2) is 7.79. The number of hydrogen-bond donors (Lipinski definition) is 1. The van der Waals surface area contributed by atoms with Crippen molar-refractivity contribution in [3.63, 3.8) is 0 Å². The Hall–Kier alpha value is -1.61. The lowest BCUT2D eigenvalue weighted by atomic mass is 10.1. The molecule has 2 aliphatic heterocycles. The number of carbonyl (C=O) groups is 1. The molecule has 3 heterocycles. The molecular weight excluding hydrogens is 384 g/mol. The van der Waals surface area contributed by atoms with E-state index < -0.39 is 14.6 Å². The molecule has 1 aromatic rings. The summed E-state index contributed by atoms with van der Waals surface area (Å²) in [7, 11) is -1.40. The highest BCUT2D eigenvalue weighted by Gasteiger charge is 2.40. The zero-order valence-electron chi connectivity index (χ0n) is 16.2. The Kier molecular flexibility index (Phi) is 5.81. The van der Waals surface area contributed by atoms with E-state index in [4.69, 9.17) is 0 Å². The average Bonchev–Trinajstić information content (AvgIpc) is 3.09. The highest BCUT2D eigenvalue weighted by Crippen LogP contribution is 2.25. The van der Waals surface area contributed by atoms with E-state index >= 15 is 0 Å². The van der Waals surface area contributed by atoms with Gasteiger partial charge in [0.1, 0.15) is 0 Å². The molecule has 27 heavy (non-hydrogen) atoms. The lowest BCUT2D eigenvalue weighted by Gasteiger charge is -2.39. The van der Waals surface area contributed by atoms with Crippen LogP contribution in [0.2, 0.25) is 0 Å². The molecule has 0 spiro atoms. The molecule has 0 aromatic carbocycles. The van der Waals surface area contributed by atoms with Crippen molar-refractivity contribution in [1.29, 1.82) is 0 Å². The maximum absolute atomic E-state index is 12.5. The molecule has 1 saturated heterocycles. The van der Waals surface area contributed by atoms with Gasteiger partial charge in [0.2, 0.25) is 5.91 Å². The van der Waals surface area contributed by atoms with Gasteiger partial charge in [-0.2, -0.15) is 0 Å². The molecule has 1 N–H and O–H groups in total. The van der Waals surface area contributed by atoms with Crippen molar-refractivity contribution in [1.82, 2.24) is 15.1 Å². The van der Waals surface area contributed by atoms with Gasteiger partial charge in [-0.3, -0.25) is 9.79 Å². The van der Waals surface area contributed by atoms with E-state index in [1.807, 2.05) is 9.80 Å². The van der Waals surface area contributed by atoms with Crippen molar-refractivity contribution in [3.05, 3.63) is 21.9 Å². The van der Waals surface area contributed by atoms with Crippen molar-refractivity contribution in [2.24, 2.45) is 4.99 Å². The zero-order chi connectivity index (χ0) is 19.7. The van der Waals surface area contributed by atoms with Crippen LogP contribution in [-0.4, -0.2) is 73.8 Å². The summed E-state index contributed by atoms with van der Waals surface area (Å²) in [5.41, 5.74) is 1.26. The first kappa shape index (κ1) is 20.1. The number of fused-ring (bicyclic) bond motifs is 1. The molecule has 1 aromatic heterocycles. The van der Waals surface area contributed by atoms with Gasteiger partial charge < -0.3 is 15.1 Å². The largest absolute Gasteiger partial charge is 0.356 e. The molecule has 1 amide bonds. The molecule has 0 aliphatic carbocycles. The number of carbonyl (C=O) groups excluding carboxylic acids is 1. The third-order valence-electron chi connectivity index (χ3n) is 5.34. The van der Waals surface area contributed by atoms with Gasteiger partial charge in [0.25, 0.3) is 0 Å². The number of amides is 1. The predicted molar refractivity (Wildman–Crippen MR) is 109 cm³/mol. The first-order chi connectivity index (χ1) is 12.7. The van der Waals surface area contributed by atoms with Crippen molar-refractivity contribution in [2.45, 2.75) is 38.0 Å². The summed E-state index contributed by atoms with van der Waals surface area (Å²) in [6.07, 6.45) is 1.33. The van der Waals surface area contributed by atoms with Crippen LogP contribution in [0.4, 0.5) is 0 Å². The van der Waals surface area contributed by atoms with E-state index in [0.717, 1.165) is 13.0 Å². The Balaban J connectivity index is 1.50. The summed E-state index contributed by atoms with van der Waals surface area (Å²) in [5.74, 6) is 0.914. The fraction of sp³-hybridized carbons (Fsp3) is 0.667. The maximum atomic E-state index is 12.5. The topological polar surface area (TPSA) is 82.1 Å². The Morgan fingerprint density at radius 3 is 2.81 bits per heavy atom. The SMILES string of the molecule is CN=C(NCCC(=O)N1CCc2sccc2C1)N1CCS(=O)(=O)C(C)(C)C1. The molecule has 0 saturated carbocycles. The number of sulfone groups is 1. The third-order valence-corrected chi connectivity index (χ3v) is 8.89. The smallest absolute Gasteiger partial charge is 0.224 e. The van der Waals surface area contributed by atoms with E-state index in [-0.39, 0.29) is 11.7 Å². The van der Waals surface area contributed by atoms with Crippen LogP contribution < -0.4 is 5.32 Å². The minimum atomic E-state index is -3.09. The van der Waals surface area contributed by atoms with Gasteiger partial charge in [-0.25, -0.2) is 8.42 Å². The Morgan fingerprint density at radius 1 is 1.33 bits per heavy atom. The molecule has 0 radical (unpaired) electrons. The van der Waals surface area contributed by atoms with Gasteiger partial charge in [0, 0.05) is 51.1 Å². The highest BCUT2D eigenvalue weighted by molar-refractivity contribution is 7.92. The van der Waals surface area contributed by atoms with E-state index in [0.29, 0.717) is 38.6 Å². The van der Waals surface area contributed by atoms with Crippen LogP contribution in [0.25, 0.3) is 0 Å². The van der Waals surface area contributed by atoms with Crippen LogP contribution in [0.1, 0.15) is 30.7 Å². The van der Waals surface area contributed by atoms with Crippen LogP contribution >= 0.6 is 11.3 Å². The van der Waals surface area contributed by atoms with Gasteiger partial charge in [0.15, 0.2) is 15.8 Å². The summed E-state index contributed by atoms with van der Waals surface area (Å²) in [4.78, 5) is 22.1. The van der Waals surface area contributed by atoms with Crippen molar-refractivity contribution in [2.75, 3.05) is 39.0 Å². The van der Waals surface area contributed by atoms with E-state index in [2.05, 4.69) is 21.8 Å². The fourth-order valence-electron chi connectivity index (χ4n) is 3.56. The number of thiophene rings is 1. The van der Waals surface area contributed by atoms with Crippen molar-refractivity contribution < 1.29 is 13.2 Å². The number of nitrogens with one attached hydrogen (secondary N) is 1. The van der Waals surface area contributed by atoms with E-state index in [1.165, 1.54) is 10.4 Å². The molecular formula is C18H28N4O3S2. The normalized spacial score (nSPS) is 21.7. The molecule has 0 atom stereocenters. The number of guanidine groups is 1. The minimum absolute atomic E-state index is 0.121. The van der Waals surface area contributed by atoms with E-state index in [1.54, 1.807) is 32.2 Å². The highest BCUT2D eigenvalue weighted by atomic mass is 32.2. The molecule has 0 unspecified atom stereocenters. The first-order valence-corrected chi connectivity index (χ1v) is 11.8. The summed E-state index contributed by atoms with van der Waals surface area (Å²) in [6.45, 7) is 6.29. The lowest BCUT2D eigenvalue weighted by molar-refractivity contribution is -0.131. The number of nitrogens with zero attached hydrogens (tertiary/aromatic N) is 3. The maximum Gasteiger partial charge on any atom is 0.224 e. The van der Waals surface area contributed by atoms with Gasteiger partial charge >= 0.3 is 0 Å². The summed E-state index contributed by atoms with van der Waals surface area (Å²) >= 11 is 1.76. The average molecular weight is 413 g/mol. The second-order valence-corrected chi connectivity index (χ2v) is 11.4. The van der Waals surface area contributed by atoms with Crippen LogP contribution in [0.3, 0.4) is 0 Å². The Labute approximate surface area is 165 Å². The lowest BCUT2D eigenvalue weighted by Crippen LogP contribution is -2.57. The quantitative estimate of drug-likeness (QED) is 0.594. The summed E-state index contributed by atoms with van der Waals surface area (Å²) in [6, 6.07) is 2.10. The molecule has 7 nitrogen and oxygen atoms in total. The van der Waals surface area contributed by atoms with Crippen molar-refractivity contribution in [3.8, 4) is 0 Å². The number of hydrogen-bond acceptors (Lipinski definition) is 5. The standard InChI is InChI=1S/C18H28N4O3S2/c1-18(2)13-22(9-11-27(18,24)25)17(19-3)20-7-4-16(23)21-8-5-15-14(12-21)6-10-26-15/h6,10H,4-5,7-9,11-13H2,1-3H3,(H,19,20). The Morgan fingerprint density at radius 2 is 2.11 bits per heavy atom. The van der Waals surface area contributed by atoms with Crippen LogP contribution in [0, 0.1) is 0 Å². The predicted octanol–water partition coefficient (Wildman–Crippen LogP) is 1.11. The summed E-state index contributed by atoms with van der Waals surface area (Å²) in [5, 5.41) is 5.31. The van der Waals surface area contributed by atoms with E-state index in [9.17, 15) is 13.2 Å². The minimum Gasteiger partial charge on any atom is -0.356 e. The first-order valence-electron chi connectivity index (χ1n) is 9.24. The van der Waals surface area contributed by atoms with Crippen LogP contribution in [-0.2, 0) is 27.6 Å². The zero-order valence-corrected chi connectivity index (χ0v) is 17.8. The van der Waals surface area contributed by atoms with Crippen LogP contribution in [0.5, 0.6) is 0 Å². The monoisotopic (exact) mass is 412 g/mol. The molecule has 1 fully saturated rings. The number of rotatable bonds is 3. The molecule has 9 heteroatoms. The molecule has 150 valence electrons. The molecule has 0 bridgehead atoms. The fourth-order valence-corrected chi connectivity index (χ4v) is 5.81.